The Morgan fingerprint density at radius 1 is 1.18 bits per heavy atom. The maximum absolute atomic E-state index is 12.4. The number of halogens is 1. The number of rotatable bonds is 5. The molecular formula is C22H24BrN3O2. The van der Waals surface area contributed by atoms with Crippen LogP contribution in [0.15, 0.2) is 58.1 Å². The van der Waals surface area contributed by atoms with Crippen LogP contribution in [0.3, 0.4) is 0 Å². The maximum Gasteiger partial charge on any atom is 0.223 e. The summed E-state index contributed by atoms with van der Waals surface area (Å²) < 4.78 is 1.000. The monoisotopic (exact) mass is 441 g/mol. The Morgan fingerprint density at radius 2 is 1.89 bits per heavy atom. The highest BCUT2D eigenvalue weighted by atomic mass is 79.9. The van der Waals surface area contributed by atoms with E-state index >= 15 is 0 Å². The fourth-order valence-electron chi connectivity index (χ4n) is 3.85. The Kier molecular flexibility index (Phi) is 5.51. The highest BCUT2D eigenvalue weighted by Gasteiger charge is 2.38. The Labute approximate surface area is 173 Å². The fourth-order valence-corrected chi connectivity index (χ4v) is 4.12. The average molecular weight is 442 g/mol. The summed E-state index contributed by atoms with van der Waals surface area (Å²) in [6.07, 6.45) is 1.25. The van der Waals surface area contributed by atoms with Gasteiger partial charge in [0.25, 0.3) is 0 Å². The van der Waals surface area contributed by atoms with Crippen molar-refractivity contribution in [1.29, 1.82) is 0 Å². The Morgan fingerprint density at radius 3 is 2.54 bits per heavy atom. The van der Waals surface area contributed by atoms with Crippen molar-refractivity contribution >= 4 is 27.5 Å². The molecule has 2 atom stereocenters. The van der Waals surface area contributed by atoms with Crippen LogP contribution in [-0.2, 0) is 11.2 Å². The van der Waals surface area contributed by atoms with Crippen LogP contribution in [0.2, 0.25) is 0 Å². The summed E-state index contributed by atoms with van der Waals surface area (Å²) in [5.41, 5.74) is 4.10. The maximum atomic E-state index is 12.4. The van der Waals surface area contributed by atoms with Crippen molar-refractivity contribution in [2.45, 2.75) is 38.5 Å². The van der Waals surface area contributed by atoms with E-state index in [1.807, 2.05) is 60.4 Å². The first-order chi connectivity index (χ1) is 13.5. The zero-order chi connectivity index (χ0) is 19.7. The number of aliphatic hydroxyl groups is 1. The number of carbonyl (C=O) groups is 1. The van der Waals surface area contributed by atoms with Gasteiger partial charge in [-0.15, -0.1) is 0 Å². The second-order valence-corrected chi connectivity index (χ2v) is 8.41. The third-order valence-corrected chi connectivity index (χ3v) is 5.95. The van der Waals surface area contributed by atoms with Gasteiger partial charge in [0.15, 0.2) is 0 Å². The first kappa shape index (κ1) is 19.2. The summed E-state index contributed by atoms with van der Waals surface area (Å²) in [5.74, 6) is 0.171. The molecule has 2 aliphatic heterocycles. The number of aryl methyl sites for hydroxylation is 1. The Hall–Kier alpha value is -2.18. The van der Waals surface area contributed by atoms with E-state index in [0.29, 0.717) is 19.4 Å². The van der Waals surface area contributed by atoms with Crippen LogP contribution < -0.4 is 0 Å². The predicted molar refractivity (Wildman–Crippen MR) is 113 cm³/mol. The van der Waals surface area contributed by atoms with E-state index in [1.165, 1.54) is 5.56 Å². The number of hydrogen-bond acceptors (Lipinski definition) is 4. The van der Waals surface area contributed by atoms with Gasteiger partial charge in [-0.05, 0) is 31.0 Å². The average Bonchev–Trinajstić information content (AvgIpc) is 3.30. The van der Waals surface area contributed by atoms with Crippen LogP contribution in [0.25, 0.3) is 0 Å². The zero-order valence-electron chi connectivity index (χ0n) is 15.9. The van der Waals surface area contributed by atoms with Crippen LogP contribution in [-0.4, -0.2) is 52.0 Å². The summed E-state index contributed by atoms with van der Waals surface area (Å²) in [5, 5.41) is 17.3. The van der Waals surface area contributed by atoms with E-state index in [4.69, 9.17) is 5.10 Å². The molecule has 0 bridgehead atoms. The summed E-state index contributed by atoms with van der Waals surface area (Å²) in [6, 6.07) is 16.0. The largest absolute Gasteiger partial charge is 0.372 e. The molecule has 1 fully saturated rings. The molecule has 2 heterocycles. The van der Waals surface area contributed by atoms with E-state index in [2.05, 4.69) is 15.9 Å². The van der Waals surface area contributed by atoms with Crippen molar-refractivity contribution in [1.82, 2.24) is 9.91 Å². The summed E-state index contributed by atoms with van der Waals surface area (Å²) in [6.45, 7) is 3.32. The second-order valence-electron chi connectivity index (χ2n) is 7.49. The minimum atomic E-state index is -0.726. The normalized spacial score (nSPS) is 20.6. The van der Waals surface area contributed by atoms with Crippen LogP contribution in [0.4, 0.5) is 0 Å². The third-order valence-electron chi connectivity index (χ3n) is 5.42. The van der Waals surface area contributed by atoms with Crippen molar-refractivity contribution in [3.8, 4) is 0 Å². The van der Waals surface area contributed by atoms with Gasteiger partial charge < -0.3 is 10.0 Å². The molecule has 2 aliphatic rings. The molecule has 0 aliphatic carbocycles. The molecule has 4 rings (SSSR count). The van der Waals surface area contributed by atoms with Crippen LogP contribution in [0.5, 0.6) is 0 Å². The first-order valence-corrected chi connectivity index (χ1v) is 10.4. The molecule has 0 spiro atoms. The third kappa shape index (κ3) is 3.98. The molecule has 5 nitrogen and oxygen atoms in total. The molecule has 2 unspecified atom stereocenters. The van der Waals surface area contributed by atoms with Gasteiger partial charge in [-0.3, -0.25) is 9.80 Å². The number of carbonyl (C=O) groups excluding carboxylic acids is 1. The number of amides is 1. The molecule has 0 aromatic heterocycles. The molecule has 6 heteroatoms. The second kappa shape index (κ2) is 8.05. The fraction of sp³-hybridized carbons (Fsp3) is 0.364. The number of likely N-dealkylation sites (tertiary alicyclic amines) is 1. The molecule has 1 N–H and O–H groups in total. The van der Waals surface area contributed by atoms with Gasteiger partial charge in [0.2, 0.25) is 5.91 Å². The molecule has 0 saturated carbocycles. The lowest BCUT2D eigenvalue weighted by atomic mass is 10.0. The van der Waals surface area contributed by atoms with Crippen molar-refractivity contribution in [2.24, 2.45) is 5.10 Å². The Balaban J connectivity index is 1.58. The molecule has 2 aromatic rings. The van der Waals surface area contributed by atoms with Crippen LogP contribution in [0.1, 0.15) is 29.5 Å². The molecule has 1 saturated heterocycles. The standard InChI is InChI=1S/C22H24BrN3O2/c1-15-4-6-16(7-5-15)13-21(28)26-14-19(25-12-2-3-20(25)27)22(24-26)17-8-10-18(23)11-9-17/h4-11,19,21,28H,2-3,12-14H2,1H3. The molecule has 0 radical (unpaired) electrons. The van der Waals surface area contributed by atoms with Gasteiger partial charge in [0, 0.05) is 29.4 Å². The molecule has 1 amide bonds. The lowest BCUT2D eigenvalue weighted by molar-refractivity contribution is -0.129. The lowest BCUT2D eigenvalue weighted by Gasteiger charge is -2.27. The quantitative estimate of drug-likeness (QED) is 0.773. The van der Waals surface area contributed by atoms with Gasteiger partial charge in [-0.25, -0.2) is 0 Å². The molecule has 146 valence electrons. The number of benzene rings is 2. The van der Waals surface area contributed by atoms with Gasteiger partial charge >= 0.3 is 0 Å². The van der Waals surface area contributed by atoms with Gasteiger partial charge in [0.05, 0.1) is 18.3 Å². The Bertz CT molecular complexity index is 880. The summed E-state index contributed by atoms with van der Waals surface area (Å²) in [4.78, 5) is 14.3. The van der Waals surface area contributed by atoms with Crippen LogP contribution in [0, 0.1) is 6.92 Å². The smallest absolute Gasteiger partial charge is 0.223 e. The van der Waals surface area contributed by atoms with E-state index in [-0.39, 0.29) is 11.9 Å². The van der Waals surface area contributed by atoms with E-state index in [1.54, 1.807) is 5.01 Å². The number of nitrogens with zero attached hydrogens (tertiary/aromatic N) is 3. The van der Waals surface area contributed by atoms with Crippen molar-refractivity contribution in [3.63, 3.8) is 0 Å². The highest BCUT2D eigenvalue weighted by Crippen LogP contribution is 2.26. The minimum absolute atomic E-state index is 0.121. The van der Waals surface area contributed by atoms with Gasteiger partial charge in [0.1, 0.15) is 6.23 Å². The van der Waals surface area contributed by atoms with Crippen molar-refractivity contribution < 1.29 is 9.90 Å². The van der Waals surface area contributed by atoms with E-state index < -0.39 is 6.23 Å². The molecular weight excluding hydrogens is 418 g/mol. The molecule has 2 aromatic carbocycles. The summed E-state index contributed by atoms with van der Waals surface area (Å²) >= 11 is 3.47. The van der Waals surface area contributed by atoms with Crippen LogP contribution >= 0.6 is 15.9 Å². The SMILES string of the molecule is Cc1ccc(CC(O)N2CC(N3CCCC3=O)C(c3ccc(Br)cc3)=N2)cc1. The number of hydrogen-bond donors (Lipinski definition) is 1. The summed E-state index contributed by atoms with van der Waals surface area (Å²) in [7, 11) is 0. The predicted octanol–water partition coefficient (Wildman–Crippen LogP) is 3.33. The number of aliphatic hydroxyl groups excluding tert-OH is 1. The highest BCUT2D eigenvalue weighted by molar-refractivity contribution is 9.10. The minimum Gasteiger partial charge on any atom is -0.372 e. The van der Waals surface area contributed by atoms with Crippen molar-refractivity contribution in [3.05, 3.63) is 69.7 Å². The van der Waals surface area contributed by atoms with Crippen molar-refractivity contribution in [2.75, 3.05) is 13.1 Å². The number of hydrazone groups is 1. The van der Waals surface area contributed by atoms with Gasteiger partial charge in [-0.1, -0.05) is 57.9 Å². The molecule has 28 heavy (non-hydrogen) atoms. The topological polar surface area (TPSA) is 56.1 Å². The first-order valence-electron chi connectivity index (χ1n) is 9.65. The zero-order valence-corrected chi connectivity index (χ0v) is 17.5. The van der Waals surface area contributed by atoms with Gasteiger partial charge in [-0.2, -0.15) is 5.10 Å². The van der Waals surface area contributed by atoms with E-state index in [9.17, 15) is 9.90 Å². The van der Waals surface area contributed by atoms with E-state index in [0.717, 1.165) is 34.3 Å². The lowest BCUT2D eigenvalue weighted by Crippen LogP contribution is -2.45.